The van der Waals surface area contributed by atoms with Crippen LogP contribution in [0.2, 0.25) is 0 Å². The molecule has 2 rings (SSSR count). The summed E-state index contributed by atoms with van der Waals surface area (Å²) in [6.07, 6.45) is 0. The average Bonchev–Trinajstić information content (AvgIpc) is 2.59. The zero-order chi connectivity index (χ0) is 21.3. The second-order valence-electron chi connectivity index (χ2n) is 3.69. The first-order chi connectivity index (χ1) is 11.9. The summed E-state index contributed by atoms with van der Waals surface area (Å²) < 4.78 is 84.6. The summed E-state index contributed by atoms with van der Waals surface area (Å²) in [5, 5.41) is 0. The normalized spacial score (nSPS) is 11.0. The molecule has 0 heterocycles. The van der Waals surface area contributed by atoms with E-state index < -0.39 is 7.81 Å². The molecule has 0 N–H and O–H groups in total. The standard InChI is InChI=1S/C12H10Se.3CO.F6P.Mn/c1-3-7-11(8-4-1)13-12-9-5-2-6-10-12;3*1-2;1-7(2,3,4,5)6;/h1-10H;;;;;/q;;;;-1;. The molecular weight excluding hydrogens is 507 g/mol. The van der Waals surface area contributed by atoms with Crippen LogP contribution < -0.4 is 8.92 Å². The van der Waals surface area contributed by atoms with Gasteiger partial charge in [-0.25, -0.2) is 0 Å². The molecule has 0 aliphatic rings. The number of benzene rings is 2. The summed E-state index contributed by atoms with van der Waals surface area (Å²) in [7, 11) is -10.7. The Bertz CT molecular complexity index is 613. The SMILES string of the molecule is F[P-](F)(F)(F)(F)F.[C-]#[O+].[C-]#[O+].[C-]#[O+].[Mn].c1ccc([Se]c2ccccc2)cc1. The molecule has 0 spiro atoms. The number of hydrogen-bond acceptors (Lipinski definition) is 0. The summed E-state index contributed by atoms with van der Waals surface area (Å²) >= 11 is 0.461. The minimum absolute atomic E-state index is 0. The summed E-state index contributed by atoms with van der Waals surface area (Å²) in [5.41, 5.74) is 0. The Morgan fingerprint density at radius 3 is 0.926 bits per heavy atom. The van der Waals surface area contributed by atoms with E-state index in [1.54, 1.807) is 0 Å². The molecule has 0 aromatic heterocycles. The fourth-order valence-corrected chi connectivity index (χ4v) is 2.91. The van der Waals surface area contributed by atoms with Crippen LogP contribution in [0.3, 0.4) is 0 Å². The molecule has 12 heteroatoms. The fraction of sp³-hybridized carbons (Fsp3) is 0. The predicted octanol–water partition coefficient (Wildman–Crippen LogP) is 4.61. The molecular formula is C15H10F6MnO3PSe-. The topological polar surface area (TPSA) is 59.7 Å². The van der Waals surface area contributed by atoms with Crippen LogP contribution in [-0.4, -0.2) is 15.0 Å². The van der Waals surface area contributed by atoms with Gasteiger partial charge in [0.05, 0.1) is 0 Å². The van der Waals surface area contributed by atoms with Gasteiger partial charge < -0.3 is 0 Å². The third kappa shape index (κ3) is 36.4. The summed E-state index contributed by atoms with van der Waals surface area (Å²) in [5.74, 6) is 0. The molecule has 149 valence electrons. The Morgan fingerprint density at radius 2 is 0.741 bits per heavy atom. The van der Waals surface area contributed by atoms with E-state index in [2.05, 4.69) is 80.6 Å². The molecule has 0 aliphatic carbocycles. The molecule has 0 amide bonds. The first kappa shape index (κ1) is 33.3. The van der Waals surface area contributed by atoms with Crippen molar-refractivity contribution in [1.29, 1.82) is 0 Å². The number of hydrogen-bond donors (Lipinski definition) is 0. The van der Waals surface area contributed by atoms with E-state index in [1.807, 2.05) is 0 Å². The third-order valence-corrected chi connectivity index (χ3v) is 3.85. The van der Waals surface area contributed by atoms with Crippen LogP contribution in [0.15, 0.2) is 60.7 Å². The molecule has 0 bridgehead atoms. The summed E-state index contributed by atoms with van der Waals surface area (Å²) in [6.45, 7) is 13.5. The molecule has 2 aromatic rings. The van der Waals surface area contributed by atoms with E-state index >= 15 is 0 Å². The molecule has 0 aliphatic heterocycles. The van der Waals surface area contributed by atoms with Crippen molar-refractivity contribution in [3.63, 3.8) is 0 Å². The first-order valence-electron chi connectivity index (χ1n) is 5.86. The van der Waals surface area contributed by atoms with Crippen LogP contribution in [0.25, 0.3) is 0 Å². The molecule has 1 radical (unpaired) electrons. The van der Waals surface area contributed by atoms with E-state index in [0.29, 0.717) is 15.0 Å². The van der Waals surface area contributed by atoms with Crippen molar-refractivity contribution in [1.82, 2.24) is 0 Å². The molecule has 3 nitrogen and oxygen atoms in total. The van der Waals surface area contributed by atoms with Gasteiger partial charge in [0, 0.05) is 17.1 Å². The Hall–Kier alpha value is -1.29. The van der Waals surface area contributed by atoms with Gasteiger partial charge in [-0.15, -0.1) is 0 Å². The predicted molar refractivity (Wildman–Crippen MR) is 83.3 cm³/mol. The maximum atomic E-state index is 9.87. The minimum atomic E-state index is -10.7. The molecule has 0 atom stereocenters. The van der Waals surface area contributed by atoms with E-state index in [-0.39, 0.29) is 17.1 Å². The second kappa shape index (κ2) is 14.7. The van der Waals surface area contributed by atoms with Gasteiger partial charge in [-0.3, -0.25) is 0 Å². The third-order valence-electron chi connectivity index (χ3n) is 1.72. The molecule has 27 heavy (non-hydrogen) atoms. The first-order valence-corrected chi connectivity index (χ1v) is 9.60. The van der Waals surface area contributed by atoms with Gasteiger partial charge in [0.1, 0.15) is 0 Å². The van der Waals surface area contributed by atoms with Crippen LogP contribution in [0.5, 0.6) is 0 Å². The number of rotatable bonds is 2. The Morgan fingerprint density at radius 1 is 0.556 bits per heavy atom. The Kier molecular flexibility index (Phi) is 18.2. The van der Waals surface area contributed by atoms with Gasteiger partial charge in [-0.1, -0.05) is 0 Å². The van der Waals surface area contributed by atoms with Crippen molar-refractivity contribution in [2.45, 2.75) is 0 Å². The zero-order valence-electron chi connectivity index (χ0n) is 13.0. The van der Waals surface area contributed by atoms with Crippen molar-refractivity contribution in [2.75, 3.05) is 0 Å². The second-order valence-corrected chi connectivity index (χ2v) is 8.01. The van der Waals surface area contributed by atoms with Gasteiger partial charge in [-0.2, -0.15) is 0 Å². The monoisotopic (exact) mass is 518 g/mol. The van der Waals surface area contributed by atoms with Crippen LogP contribution >= 0.6 is 7.81 Å². The van der Waals surface area contributed by atoms with E-state index in [1.165, 1.54) is 8.92 Å². The van der Waals surface area contributed by atoms with Crippen LogP contribution in [0.1, 0.15) is 0 Å². The van der Waals surface area contributed by atoms with Crippen LogP contribution in [0.4, 0.5) is 25.2 Å². The van der Waals surface area contributed by atoms with Gasteiger partial charge in [0.25, 0.3) is 0 Å². The van der Waals surface area contributed by atoms with Gasteiger partial charge in [0.2, 0.25) is 0 Å². The number of halogens is 6. The van der Waals surface area contributed by atoms with Gasteiger partial charge in [0.15, 0.2) is 0 Å². The van der Waals surface area contributed by atoms with E-state index in [4.69, 9.17) is 14.0 Å². The molecule has 2 aromatic carbocycles. The van der Waals surface area contributed by atoms with E-state index in [9.17, 15) is 25.2 Å². The molecule has 0 fully saturated rings. The van der Waals surface area contributed by atoms with Gasteiger partial charge in [-0.05, 0) is 0 Å². The van der Waals surface area contributed by atoms with Crippen LogP contribution in [-0.2, 0) is 31.0 Å². The maximum absolute atomic E-state index is 10.7. The van der Waals surface area contributed by atoms with Crippen LogP contribution in [0, 0.1) is 20.0 Å². The molecule has 0 saturated carbocycles. The van der Waals surface area contributed by atoms with Crippen molar-refractivity contribution in [3.05, 3.63) is 80.6 Å². The fourth-order valence-electron chi connectivity index (χ4n) is 1.11. The van der Waals surface area contributed by atoms with Gasteiger partial charge >= 0.3 is 151 Å². The Labute approximate surface area is 168 Å². The quantitative estimate of drug-likeness (QED) is 0.184. The Balaban J connectivity index is -0.000000163. The average molecular weight is 517 g/mol. The molecule has 0 unspecified atom stereocenters. The van der Waals surface area contributed by atoms with E-state index in [0.717, 1.165) is 0 Å². The van der Waals surface area contributed by atoms with Crippen molar-refractivity contribution >= 4 is 31.7 Å². The van der Waals surface area contributed by atoms with Crippen molar-refractivity contribution in [3.8, 4) is 0 Å². The summed E-state index contributed by atoms with van der Waals surface area (Å²) in [6, 6.07) is 21.3. The van der Waals surface area contributed by atoms with Crippen molar-refractivity contribution < 1.29 is 56.2 Å². The zero-order valence-corrected chi connectivity index (χ0v) is 16.8. The molecule has 0 saturated heterocycles. The summed E-state index contributed by atoms with van der Waals surface area (Å²) in [4.78, 5) is 0. The van der Waals surface area contributed by atoms with Crippen molar-refractivity contribution in [2.24, 2.45) is 0 Å².